The molecule has 5 aromatic rings. The van der Waals surface area contributed by atoms with E-state index in [0.29, 0.717) is 0 Å². The molecule has 0 bridgehead atoms. The van der Waals surface area contributed by atoms with Gasteiger partial charge in [-0.1, -0.05) is 109 Å². The van der Waals surface area contributed by atoms with Gasteiger partial charge in [0.05, 0.1) is 0 Å². The molecule has 0 radical (unpaired) electrons. The van der Waals surface area contributed by atoms with E-state index in [1.54, 1.807) is 0 Å². The predicted molar refractivity (Wildman–Crippen MR) is 121 cm³/mol. The molecule has 0 aliphatic carbocycles. The van der Waals surface area contributed by atoms with Crippen LogP contribution < -0.4 is 0 Å². The second-order valence-corrected chi connectivity index (χ2v) is 6.52. The van der Waals surface area contributed by atoms with E-state index in [-0.39, 0.29) is 0 Å². The monoisotopic (exact) mass is 375 g/mol. The molecule has 0 unspecified atom stereocenters. The molecule has 2 heteroatoms. The Kier molecular flexibility index (Phi) is 5.94. The topological polar surface area (TPSA) is 26.0 Å². The molecule has 1 aromatic heterocycles. The van der Waals surface area contributed by atoms with E-state index in [2.05, 4.69) is 89.9 Å². The van der Waals surface area contributed by atoms with Crippen molar-refractivity contribution in [3.63, 3.8) is 0 Å². The van der Waals surface area contributed by atoms with E-state index in [0.717, 1.165) is 11.1 Å². The molecule has 0 amide bonds. The van der Waals surface area contributed by atoms with E-state index in [4.69, 9.17) is 4.42 Å². The zero-order chi connectivity index (χ0) is 19.7. The van der Waals surface area contributed by atoms with Crippen molar-refractivity contribution < 1.29 is 4.42 Å². The van der Waals surface area contributed by atoms with Crippen molar-refractivity contribution in [3.8, 4) is 11.1 Å². The zero-order valence-corrected chi connectivity index (χ0v) is 16.0. The summed E-state index contributed by atoms with van der Waals surface area (Å²) in [5, 5.41) is 0. The van der Waals surface area contributed by atoms with Crippen molar-refractivity contribution in [3.05, 3.63) is 127 Å². The molecule has 0 fully saturated rings. The van der Waals surface area contributed by atoms with Gasteiger partial charge in [0.25, 0.3) is 0 Å². The van der Waals surface area contributed by atoms with E-state index in [1.807, 2.05) is 36.4 Å². The summed E-state index contributed by atoms with van der Waals surface area (Å²) >= 11 is 0. The minimum atomic E-state index is 0.845. The molecule has 29 heavy (non-hydrogen) atoms. The average Bonchev–Trinajstić information content (AvgIpc) is 3.29. The van der Waals surface area contributed by atoms with Gasteiger partial charge < -0.3 is 4.42 Å². The molecule has 0 N–H and O–H groups in total. The lowest BCUT2D eigenvalue weighted by atomic mass is 9.99. The van der Waals surface area contributed by atoms with Gasteiger partial charge in [-0.25, -0.2) is 4.98 Å². The van der Waals surface area contributed by atoms with Crippen LogP contribution in [0, 0.1) is 0 Å². The first-order valence-electron chi connectivity index (χ1n) is 9.56. The van der Waals surface area contributed by atoms with Crippen LogP contribution in [0.3, 0.4) is 0 Å². The van der Waals surface area contributed by atoms with E-state index in [1.165, 1.54) is 28.6 Å². The Morgan fingerprint density at radius 3 is 2.03 bits per heavy atom. The first kappa shape index (κ1) is 18.5. The number of hydrogen-bond donors (Lipinski definition) is 0. The Bertz CT molecular complexity index is 1160. The smallest absolute Gasteiger partial charge is 0.181 e. The molecule has 0 saturated carbocycles. The minimum Gasteiger partial charge on any atom is -0.443 e. The molecule has 5 rings (SSSR count). The van der Waals surface area contributed by atoms with Crippen LogP contribution in [0.15, 0.2) is 120 Å². The predicted octanol–water partition coefficient (Wildman–Crippen LogP) is 7.35. The highest BCUT2D eigenvalue weighted by molar-refractivity contribution is 5.80. The maximum absolute atomic E-state index is 5.01. The van der Waals surface area contributed by atoms with Crippen LogP contribution in [0.5, 0.6) is 0 Å². The van der Waals surface area contributed by atoms with Crippen molar-refractivity contribution in [2.24, 2.45) is 0 Å². The largest absolute Gasteiger partial charge is 0.443 e. The standard InChI is InChI=1S/C20H16.C7H5NO/c1-3-9-17(10-4-1)15-16-19-13-7-8-14-20(19)18-11-5-2-6-12-18;1-2-4-7-6(3-1)8-5-9-7/h1-16H;1-5H. The van der Waals surface area contributed by atoms with Crippen LogP contribution in [0.2, 0.25) is 0 Å². The molecular weight excluding hydrogens is 354 g/mol. The molecule has 0 saturated heterocycles. The van der Waals surface area contributed by atoms with Gasteiger partial charge in [-0.15, -0.1) is 0 Å². The van der Waals surface area contributed by atoms with Crippen molar-refractivity contribution in [2.75, 3.05) is 0 Å². The molecule has 0 aliphatic heterocycles. The number of aromatic nitrogens is 1. The molecule has 4 aromatic carbocycles. The van der Waals surface area contributed by atoms with Gasteiger partial charge in [0.15, 0.2) is 12.0 Å². The van der Waals surface area contributed by atoms with Crippen LogP contribution in [0.1, 0.15) is 11.1 Å². The second-order valence-electron chi connectivity index (χ2n) is 6.52. The number of para-hydroxylation sites is 2. The summed E-state index contributed by atoms with van der Waals surface area (Å²) in [6.45, 7) is 0. The molecule has 0 spiro atoms. The van der Waals surface area contributed by atoms with Crippen molar-refractivity contribution in [1.82, 2.24) is 4.98 Å². The molecule has 0 aliphatic rings. The molecule has 0 atom stereocenters. The summed E-state index contributed by atoms with van der Waals surface area (Å²) in [7, 11) is 0. The number of fused-ring (bicyclic) bond motifs is 1. The fourth-order valence-electron chi connectivity index (χ4n) is 3.08. The quantitative estimate of drug-likeness (QED) is 0.308. The fourth-order valence-corrected chi connectivity index (χ4v) is 3.08. The van der Waals surface area contributed by atoms with Crippen LogP contribution in [-0.2, 0) is 0 Å². The zero-order valence-electron chi connectivity index (χ0n) is 16.0. The summed E-state index contributed by atoms with van der Waals surface area (Å²) in [4.78, 5) is 3.95. The third kappa shape index (κ3) is 4.88. The summed E-state index contributed by atoms with van der Waals surface area (Å²) in [6.07, 6.45) is 5.78. The van der Waals surface area contributed by atoms with Crippen molar-refractivity contribution in [2.45, 2.75) is 0 Å². The summed E-state index contributed by atoms with van der Waals surface area (Å²) in [5.41, 5.74) is 6.73. The third-order valence-corrected chi connectivity index (χ3v) is 4.54. The first-order chi connectivity index (χ1) is 14.4. The van der Waals surface area contributed by atoms with Crippen LogP contribution in [0.4, 0.5) is 0 Å². The Morgan fingerprint density at radius 1 is 0.586 bits per heavy atom. The number of hydrogen-bond acceptors (Lipinski definition) is 2. The van der Waals surface area contributed by atoms with Gasteiger partial charge in [-0.3, -0.25) is 0 Å². The number of oxazole rings is 1. The van der Waals surface area contributed by atoms with E-state index in [9.17, 15) is 0 Å². The van der Waals surface area contributed by atoms with Gasteiger partial charge in [0.2, 0.25) is 0 Å². The Balaban J connectivity index is 0.000000188. The molecule has 1 heterocycles. The Labute approximate surface area is 170 Å². The normalized spacial score (nSPS) is 10.6. The van der Waals surface area contributed by atoms with E-state index >= 15 is 0 Å². The Hall–Kier alpha value is -3.91. The van der Waals surface area contributed by atoms with Gasteiger partial charge in [0.1, 0.15) is 5.52 Å². The lowest BCUT2D eigenvalue weighted by Crippen LogP contribution is -1.82. The first-order valence-corrected chi connectivity index (χ1v) is 9.56. The second kappa shape index (κ2) is 9.34. The number of benzene rings is 4. The minimum absolute atomic E-state index is 0.845. The SMILES string of the molecule is C(=Cc1ccccc1-c1ccccc1)c1ccccc1.c1ccc2ocnc2c1. The maximum Gasteiger partial charge on any atom is 0.181 e. The summed E-state index contributed by atoms with van der Waals surface area (Å²) < 4.78 is 5.01. The lowest BCUT2D eigenvalue weighted by Gasteiger charge is -2.06. The van der Waals surface area contributed by atoms with Gasteiger partial charge in [0, 0.05) is 0 Å². The third-order valence-electron chi connectivity index (χ3n) is 4.54. The van der Waals surface area contributed by atoms with Crippen LogP contribution >= 0.6 is 0 Å². The Morgan fingerprint density at radius 2 is 1.24 bits per heavy atom. The van der Waals surface area contributed by atoms with Crippen LogP contribution in [0.25, 0.3) is 34.4 Å². The highest BCUT2D eigenvalue weighted by Crippen LogP contribution is 2.25. The van der Waals surface area contributed by atoms with Crippen molar-refractivity contribution in [1.29, 1.82) is 0 Å². The molecule has 140 valence electrons. The van der Waals surface area contributed by atoms with Crippen LogP contribution in [-0.4, -0.2) is 4.98 Å². The summed E-state index contributed by atoms with van der Waals surface area (Å²) in [6, 6.07) is 37.0. The van der Waals surface area contributed by atoms with Gasteiger partial charge in [-0.2, -0.15) is 0 Å². The van der Waals surface area contributed by atoms with E-state index < -0.39 is 0 Å². The van der Waals surface area contributed by atoms with Gasteiger partial charge in [-0.05, 0) is 34.4 Å². The van der Waals surface area contributed by atoms with Gasteiger partial charge >= 0.3 is 0 Å². The van der Waals surface area contributed by atoms with Crippen molar-refractivity contribution >= 4 is 23.3 Å². The molecule has 2 nitrogen and oxygen atoms in total. The average molecular weight is 375 g/mol. The highest BCUT2D eigenvalue weighted by Gasteiger charge is 2.00. The molecular formula is C27H21NO. The number of rotatable bonds is 3. The maximum atomic E-state index is 5.01. The lowest BCUT2D eigenvalue weighted by molar-refractivity contribution is 0.602. The highest BCUT2D eigenvalue weighted by atomic mass is 16.3. The fraction of sp³-hybridized carbons (Fsp3) is 0. The summed E-state index contributed by atoms with van der Waals surface area (Å²) in [5.74, 6) is 0. The number of nitrogens with zero attached hydrogens (tertiary/aromatic N) is 1.